The molecule has 1 fully saturated rings. The van der Waals surface area contributed by atoms with E-state index in [0.717, 1.165) is 42.4 Å². The maximum Gasteiger partial charge on any atom is 0.149 e. The summed E-state index contributed by atoms with van der Waals surface area (Å²) in [5, 5.41) is 4.21. The molecule has 0 aliphatic carbocycles. The second-order valence-electron chi connectivity index (χ2n) is 4.83. The zero-order valence-corrected chi connectivity index (χ0v) is 12.7. The number of aromatic nitrogens is 2. The Morgan fingerprint density at radius 3 is 2.63 bits per heavy atom. The summed E-state index contributed by atoms with van der Waals surface area (Å²) in [5.74, 6) is 0.605. The van der Waals surface area contributed by atoms with Crippen LogP contribution in [-0.4, -0.2) is 47.5 Å². The zero-order valence-electron chi connectivity index (χ0n) is 11.1. The van der Waals surface area contributed by atoms with Crippen molar-refractivity contribution < 1.29 is 0 Å². The molecule has 7 heteroatoms. The van der Waals surface area contributed by atoms with Crippen molar-refractivity contribution >= 4 is 33.7 Å². The summed E-state index contributed by atoms with van der Waals surface area (Å²) in [6.45, 7) is 6.21. The first-order chi connectivity index (χ1) is 9.15. The van der Waals surface area contributed by atoms with Gasteiger partial charge in [0.15, 0.2) is 0 Å². The first-order valence-corrected chi connectivity index (χ1v) is 7.91. The minimum atomic E-state index is 0.605. The van der Waals surface area contributed by atoms with Gasteiger partial charge in [-0.1, -0.05) is 0 Å². The van der Waals surface area contributed by atoms with E-state index in [1.54, 1.807) is 11.3 Å². The molecule has 1 aliphatic heterocycles. The number of nitrogens with zero attached hydrogens (tertiary/aromatic N) is 4. The summed E-state index contributed by atoms with van der Waals surface area (Å²) in [6, 6.07) is 0. The van der Waals surface area contributed by atoms with Crippen molar-refractivity contribution in [2.45, 2.75) is 6.92 Å². The molecule has 0 radical (unpaired) electrons. The normalized spacial score (nSPS) is 17.1. The van der Waals surface area contributed by atoms with E-state index in [1.165, 1.54) is 16.5 Å². The molecule has 3 rings (SSSR count). The maximum atomic E-state index is 6.05. The summed E-state index contributed by atoms with van der Waals surface area (Å²) in [5.41, 5.74) is 8.10. The lowest BCUT2D eigenvalue weighted by Gasteiger charge is -2.33. The van der Waals surface area contributed by atoms with Gasteiger partial charge in [-0.25, -0.2) is 4.98 Å². The minimum Gasteiger partial charge on any atom is -0.382 e. The van der Waals surface area contributed by atoms with Crippen molar-refractivity contribution in [3.8, 4) is 10.6 Å². The van der Waals surface area contributed by atoms with Crippen LogP contribution in [0.2, 0.25) is 0 Å². The number of likely N-dealkylation sites (N-methyl/N-ethyl adjacent to an activating group) is 1. The van der Waals surface area contributed by atoms with E-state index in [0.29, 0.717) is 5.82 Å². The van der Waals surface area contributed by atoms with Gasteiger partial charge >= 0.3 is 0 Å². The highest BCUT2D eigenvalue weighted by Gasteiger charge is 2.23. The third-order valence-corrected chi connectivity index (χ3v) is 5.22. The van der Waals surface area contributed by atoms with Crippen LogP contribution in [0.5, 0.6) is 0 Å². The highest BCUT2D eigenvalue weighted by Crippen LogP contribution is 2.40. The Hall–Kier alpha value is -1.18. The molecule has 0 saturated carbocycles. The Labute approximate surface area is 120 Å². The molecule has 0 spiro atoms. The topological polar surface area (TPSA) is 58.3 Å². The summed E-state index contributed by atoms with van der Waals surface area (Å²) in [7, 11) is 2.16. The Balaban J connectivity index is 1.94. The fourth-order valence-electron chi connectivity index (χ4n) is 2.19. The van der Waals surface area contributed by atoms with Gasteiger partial charge in [0.1, 0.15) is 15.8 Å². The van der Waals surface area contributed by atoms with Crippen LogP contribution in [-0.2, 0) is 0 Å². The molecule has 0 atom stereocenters. The number of piperazine rings is 1. The fourth-order valence-corrected chi connectivity index (χ4v) is 3.97. The minimum absolute atomic E-state index is 0.605. The molecule has 0 amide bonds. The fraction of sp³-hybridized carbons (Fsp3) is 0.500. The van der Waals surface area contributed by atoms with Crippen molar-refractivity contribution in [2.24, 2.45) is 0 Å². The lowest BCUT2D eigenvalue weighted by molar-refractivity contribution is 0.313. The number of nitrogens with two attached hydrogens (primary N) is 1. The van der Waals surface area contributed by atoms with Gasteiger partial charge in [0, 0.05) is 37.3 Å². The van der Waals surface area contributed by atoms with E-state index >= 15 is 0 Å². The standard InChI is InChI=1S/C12H17N5S2/c1-8-7-18-11(14-8)9-10(13)15-19-12(9)17-5-3-16(2)4-6-17/h7H,3-6H2,1-2H3,(H2,13,15). The lowest BCUT2D eigenvalue weighted by atomic mass is 10.2. The second kappa shape index (κ2) is 5.07. The highest BCUT2D eigenvalue weighted by molar-refractivity contribution is 7.15. The number of hydrogen-bond acceptors (Lipinski definition) is 7. The zero-order chi connectivity index (χ0) is 13.4. The van der Waals surface area contributed by atoms with Crippen molar-refractivity contribution in [2.75, 3.05) is 43.9 Å². The van der Waals surface area contributed by atoms with Gasteiger partial charge in [0.25, 0.3) is 0 Å². The smallest absolute Gasteiger partial charge is 0.149 e. The average Bonchev–Trinajstić information content (AvgIpc) is 2.96. The first kappa shape index (κ1) is 12.8. The molecule has 102 valence electrons. The Morgan fingerprint density at radius 1 is 1.26 bits per heavy atom. The Morgan fingerprint density at radius 2 is 2.00 bits per heavy atom. The molecule has 2 aromatic rings. The maximum absolute atomic E-state index is 6.05. The van der Waals surface area contributed by atoms with Crippen LogP contribution in [0.25, 0.3) is 10.6 Å². The third-order valence-electron chi connectivity index (χ3n) is 3.32. The number of thiazole rings is 1. The molecule has 1 aliphatic rings. The van der Waals surface area contributed by atoms with Gasteiger partial charge in [-0.05, 0) is 25.5 Å². The SMILES string of the molecule is Cc1csc(-c2c(N)nsc2N2CCN(C)CC2)n1. The number of rotatable bonds is 2. The van der Waals surface area contributed by atoms with Gasteiger partial charge in [-0.2, -0.15) is 4.37 Å². The predicted molar refractivity (Wildman–Crippen MR) is 82.1 cm³/mol. The molecule has 5 nitrogen and oxygen atoms in total. The molecule has 1 saturated heterocycles. The summed E-state index contributed by atoms with van der Waals surface area (Å²) >= 11 is 3.13. The van der Waals surface area contributed by atoms with E-state index in [1.807, 2.05) is 6.92 Å². The third kappa shape index (κ3) is 2.45. The van der Waals surface area contributed by atoms with Gasteiger partial charge < -0.3 is 15.5 Å². The first-order valence-electron chi connectivity index (χ1n) is 6.26. The molecule has 0 unspecified atom stereocenters. The number of nitrogen functional groups attached to an aromatic ring is 1. The van der Waals surface area contributed by atoms with E-state index in [4.69, 9.17) is 5.73 Å². The van der Waals surface area contributed by atoms with Crippen LogP contribution in [0.15, 0.2) is 5.38 Å². The van der Waals surface area contributed by atoms with Crippen LogP contribution in [0, 0.1) is 6.92 Å². The van der Waals surface area contributed by atoms with Gasteiger partial charge in [0.2, 0.25) is 0 Å². The van der Waals surface area contributed by atoms with Crippen LogP contribution in [0.1, 0.15) is 5.69 Å². The van der Waals surface area contributed by atoms with E-state index < -0.39 is 0 Å². The van der Waals surface area contributed by atoms with Gasteiger partial charge in [-0.15, -0.1) is 11.3 Å². The number of aryl methyl sites for hydroxylation is 1. The summed E-state index contributed by atoms with van der Waals surface area (Å²) in [6.07, 6.45) is 0. The van der Waals surface area contributed by atoms with Crippen LogP contribution in [0.4, 0.5) is 10.8 Å². The highest BCUT2D eigenvalue weighted by atomic mass is 32.1. The van der Waals surface area contributed by atoms with Crippen LogP contribution in [0.3, 0.4) is 0 Å². The van der Waals surface area contributed by atoms with Crippen molar-refractivity contribution in [3.05, 3.63) is 11.1 Å². The molecular weight excluding hydrogens is 278 g/mol. The molecule has 0 bridgehead atoms. The molecule has 2 N–H and O–H groups in total. The summed E-state index contributed by atoms with van der Waals surface area (Å²) < 4.78 is 4.33. The van der Waals surface area contributed by atoms with Crippen molar-refractivity contribution in [1.29, 1.82) is 0 Å². The van der Waals surface area contributed by atoms with Crippen LogP contribution >= 0.6 is 22.9 Å². The van der Waals surface area contributed by atoms with E-state index in [2.05, 4.69) is 31.6 Å². The van der Waals surface area contributed by atoms with E-state index in [-0.39, 0.29) is 0 Å². The lowest BCUT2D eigenvalue weighted by Crippen LogP contribution is -2.44. The van der Waals surface area contributed by atoms with E-state index in [9.17, 15) is 0 Å². The Kier molecular flexibility index (Phi) is 3.42. The van der Waals surface area contributed by atoms with Gasteiger partial charge in [-0.3, -0.25) is 0 Å². The molecule has 2 aromatic heterocycles. The average molecular weight is 295 g/mol. The molecular formula is C12H17N5S2. The monoisotopic (exact) mass is 295 g/mol. The predicted octanol–water partition coefficient (Wildman–Crippen LogP) is 1.91. The van der Waals surface area contributed by atoms with Crippen LogP contribution < -0.4 is 10.6 Å². The summed E-state index contributed by atoms with van der Waals surface area (Å²) in [4.78, 5) is 9.27. The quantitative estimate of drug-likeness (QED) is 0.917. The largest absolute Gasteiger partial charge is 0.382 e. The van der Waals surface area contributed by atoms with Crippen molar-refractivity contribution in [1.82, 2.24) is 14.3 Å². The number of anilines is 2. The molecule has 3 heterocycles. The number of hydrogen-bond donors (Lipinski definition) is 1. The molecule has 19 heavy (non-hydrogen) atoms. The second-order valence-corrected chi connectivity index (χ2v) is 6.44. The molecule has 0 aromatic carbocycles. The van der Waals surface area contributed by atoms with Crippen molar-refractivity contribution in [3.63, 3.8) is 0 Å². The Bertz CT molecular complexity index is 568. The van der Waals surface area contributed by atoms with Gasteiger partial charge in [0.05, 0.1) is 5.56 Å².